The third-order valence-electron chi connectivity index (χ3n) is 3.43. The second-order valence-electron chi connectivity index (χ2n) is 4.83. The Hall–Kier alpha value is -0.440. The zero-order valence-corrected chi connectivity index (χ0v) is 12.2. The van der Waals surface area contributed by atoms with Gasteiger partial charge in [-0.15, -0.1) is 11.6 Å². The molecule has 18 heavy (non-hydrogen) atoms. The monoisotopic (exact) mass is 287 g/mol. The molecule has 1 atom stereocenters. The van der Waals surface area contributed by atoms with Gasteiger partial charge in [0.15, 0.2) is 0 Å². The summed E-state index contributed by atoms with van der Waals surface area (Å²) in [7, 11) is 1.77. The molecule has 0 radical (unpaired) electrons. The summed E-state index contributed by atoms with van der Waals surface area (Å²) in [6, 6.07) is 6.09. The maximum Gasteiger partial charge on any atom is 0.0642 e. The molecule has 2 nitrogen and oxygen atoms in total. The summed E-state index contributed by atoms with van der Waals surface area (Å²) in [5.74, 6) is 1.11. The average molecular weight is 288 g/mol. The molecule has 0 N–H and O–H groups in total. The van der Waals surface area contributed by atoms with Crippen molar-refractivity contribution in [3.63, 3.8) is 0 Å². The molecular weight excluding hydrogens is 269 g/mol. The van der Waals surface area contributed by atoms with Crippen LogP contribution in [-0.4, -0.2) is 26.8 Å². The Morgan fingerprint density at radius 2 is 2.28 bits per heavy atom. The first-order valence-corrected chi connectivity index (χ1v) is 7.24. The topological polar surface area (TPSA) is 12.5 Å². The zero-order chi connectivity index (χ0) is 13.0. The lowest BCUT2D eigenvalue weighted by Crippen LogP contribution is -2.37. The molecule has 0 spiro atoms. The van der Waals surface area contributed by atoms with Crippen LogP contribution >= 0.6 is 23.2 Å². The highest BCUT2D eigenvalue weighted by Gasteiger charge is 2.21. The molecule has 0 bridgehead atoms. The van der Waals surface area contributed by atoms with Gasteiger partial charge in [0.25, 0.3) is 0 Å². The second kappa shape index (κ2) is 6.65. The number of anilines is 1. The number of nitrogens with zero attached hydrogens (tertiary/aromatic N) is 1. The van der Waals surface area contributed by atoms with Gasteiger partial charge in [0.1, 0.15) is 0 Å². The van der Waals surface area contributed by atoms with Crippen LogP contribution in [0.1, 0.15) is 18.4 Å². The normalized spacial score (nSPS) is 20.2. The first kappa shape index (κ1) is 14.0. The van der Waals surface area contributed by atoms with Crippen molar-refractivity contribution in [2.45, 2.75) is 18.7 Å². The summed E-state index contributed by atoms with van der Waals surface area (Å²) in [4.78, 5) is 2.35. The van der Waals surface area contributed by atoms with Crippen molar-refractivity contribution in [3.8, 4) is 0 Å². The number of hydrogen-bond acceptors (Lipinski definition) is 2. The Bertz CT molecular complexity index is 395. The molecule has 1 unspecified atom stereocenters. The van der Waals surface area contributed by atoms with E-state index in [1.165, 1.54) is 12.8 Å². The lowest BCUT2D eigenvalue weighted by molar-refractivity contribution is 0.143. The van der Waals surface area contributed by atoms with E-state index in [1.54, 1.807) is 7.11 Å². The molecule has 0 saturated carbocycles. The Morgan fingerprint density at radius 3 is 2.94 bits per heavy atom. The van der Waals surface area contributed by atoms with Crippen molar-refractivity contribution in [2.24, 2.45) is 5.92 Å². The standard InChI is InChI=1S/C14H19Cl2NO/c1-18-10-12-3-2-6-17(9-12)14-5-4-11(8-15)7-13(14)16/h4-5,7,12H,2-3,6,8-10H2,1H3. The van der Waals surface area contributed by atoms with Gasteiger partial charge in [-0.2, -0.15) is 0 Å². The molecule has 0 amide bonds. The van der Waals surface area contributed by atoms with Crippen molar-refractivity contribution in [1.29, 1.82) is 0 Å². The maximum absolute atomic E-state index is 6.33. The highest BCUT2D eigenvalue weighted by Crippen LogP contribution is 2.31. The highest BCUT2D eigenvalue weighted by atomic mass is 35.5. The number of rotatable bonds is 4. The lowest BCUT2D eigenvalue weighted by atomic mass is 9.98. The van der Waals surface area contributed by atoms with Gasteiger partial charge in [-0.25, -0.2) is 0 Å². The van der Waals surface area contributed by atoms with Gasteiger partial charge >= 0.3 is 0 Å². The number of methoxy groups -OCH3 is 1. The Labute approximate surface area is 119 Å². The molecule has 100 valence electrons. The molecule has 1 aliphatic heterocycles. The Kier molecular flexibility index (Phi) is 5.16. The van der Waals surface area contributed by atoms with E-state index in [0.717, 1.165) is 36.0 Å². The molecule has 1 aromatic carbocycles. The van der Waals surface area contributed by atoms with Gasteiger partial charge in [-0.05, 0) is 36.5 Å². The fraction of sp³-hybridized carbons (Fsp3) is 0.571. The van der Waals surface area contributed by atoms with Gasteiger partial charge in [0, 0.05) is 26.1 Å². The van der Waals surface area contributed by atoms with Crippen LogP contribution in [0.2, 0.25) is 5.02 Å². The van der Waals surface area contributed by atoms with Crippen LogP contribution in [0.15, 0.2) is 18.2 Å². The van der Waals surface area contributed by atoms with Crippen LogP contribution in [0.3, 0.4) is 0 Å². The molecular formula is C14H19Cl2NO. The third-order valence-corrected chi connectivity index (χ3v) is 4.04. The van der Waals surface area contributed by atoms with E-state index in [2.05, 4.69) is 11.0 Å². The molecule has 1 aliphatic rings. The quantitative estimate of drug-likeness (QED) is 0.778. The van der Waals surface area contributed by atoms with Gasteiger partial charge in [-0.3, -0.25) is 0 Å². The number of alkyl halides is 1. The molecule has 0 aromatic heterocycles. The first-order valence-electron chi connectivity index (χ1n) is 6.33. The molecule has 2 rings (SSSR count). The fourth-order valence-corrected chi connectivity index (χ4v) is 3.03. The van der Waals surface area contributed by atoms with E-state index in [9.17, 15) is 0 Å². The summed E-state index contributed by atoms with van der Waals surface area (Å²) in [5, 5.41) is 0.797. The van der Waals surface area contributed by atoms with Crippen LogP contribution in [-0.2, 0) is 10.6 Å². The van der Waals surface area contributed by atoms with E-state index in [-0.39, 0.29) is 0 Å². The molecule has 4 heteroatoms. The van der Waals surface area contributed by atoms with Gasteiger partial charge in [-0.1, -0.05) is 17.7 Å². The highest BCUT2D eigenvalue weighted by molar-refractivity contribution is 6.33. The van der Waals surface area contributed by atoms with Crippen LogP contribution in [0, 0.1) is 5.92 Å². The van der Waals surface area contributed by atoms with Crippen LogP contribution in [0.25, 0.3) is 0 Å². The largest absolute Gasteiger partial charge is 0.384 e. The number of halogens is 2. The van der Waals surface area contributed by atoms with E-state index in [4.69, 9.17) is 27.9 Å². The van der Waals surface area contributed by atoms with Gasteiger partial charge in [0.2, 0.25) is 0 Å². The molecule has 1 heterocycles. The number of piperidine rings is 1. The van der Waals surface area contributed by atoms with E-state index in [1.807, 2.05) is 12.1 Å². The van der Waals surface area contributed by atoms with Gasteiger partial charge in [0.05, 0.1) is 17.3 Å². The summed E-state index contributed by atoms with van der Waals surface area (Å²) >= 11 is 12.1. The smallest absolute Gasteiger partial charge is 0.0642 e. The van der Waals surface area contributed by atoms with E-state index in [0.29, 0.717) is 11.8 Å². The third kappa shape index (κ3) is 3.31. The fourth-order valence-electron chi connectivity index (χ4n) is 2.55. The summed E-state index contributed by atoms with van der Waals surface area (Å²) < 4.78 is 5.26. The minimum atomic E-state index is 0.506. The van der Waals surface area contributed by atoms with Crippen LogP contribution < -0.4 is 4.90 Å². The summed E-state index contributed by atoms with van der Waals surface area (Å²) in [6.07, 6.45) is 2.43. The predicted molar refractivity (Wildman–Crippen MR) is 77.8 cm³/mol. The summed E-state index contributed by atoms with van der Waals surface area (Å²) in [5.41, 5.74) is 2.18. The van der Waals surface area contributed by atoms with E-state index < -0.39 is 0 Å². The summed E-state index contributed by atoms with van der Waals surface area (Å²) in [6.45, 7) is 2.92. The minimum Gasteiger partial charge on any atom is -0.384 e. The molecule has 1 saturated heterocycles. The van der Waals surface area contributed by atoms with Gasteiger partial charge < -0.3 is 9.64 Å². The SMILES string of the molecule is COCC1CCCN(c2ccc(CCl)cc2Cl)C1. The Morgan fingerprint density at radius 1 is 1.44 bits per heavy atom. The molecule has 1 fully saturated rings. The second-order valence-corrected chi connectivity index (χ2v) is 5.50. The van der Waals surface area contributed by atoms with Crippen molar-refractivity contribution < 1.29 is 4.74 Å². The molecule has 0 aliphatic carbocycles. The van der Waals surface area contributed by atoms with Crippen LogP contribution in [0.4, 0.5) is 5.69 Å². The van der Waals surface area contributed by atoms with Crippen molar-refractivity contribution in [2.75, 3.05) is 31.7 Å². The molecule has 1 aromatic rings. The maximum atomic E-state index is 6.33. The first-order chi connectivity index (χ1) is 8.74. The minimum absolute atomic E-state index is 0.506. The van der Waals surface area contributed by atoms with E-state index >= 15 is 0 Å². The van der Waals surface area contributed by atoms with Crippen molar-refractivity contribution in [1.82, 2.24) is 0 Å². The van der Waals surface area contributed by atoms with Crippen molar-refractivity contribution in [3.05, 3.63) is 28.8 Å². The Balaban J connectivity index is 2.10. The number of benzene rings is 1. The number of hydrogen-bond donors (Lipinski definition) is 0. The zero-order valence-electron chi connectivity index (χ0n) is 10.7. The number of ether oxygens (including phenoxy) is 1. The predicted octanol–water partition coefficient (Wildman–Crippen LogP) is 3.94. The average Bonchev–Trinajstić information content (AvgIpc) is 2.39. The lowest BCUT2D eigenvalue weighted by Gasteiger charge is -2.34. The van der Waals surface area contributed by atoms with Crippen LogP contribution in [0.5, 0.6) is 0 Å². The van der Waals surface area contributed by atoms with Crippen molar-refractivity contribution >= 4 is 28.9 Å².